The molecule has 1 saturated heterocycles. The summed E-state index contributed by atoms with van der Waals surface area (Å²) in [7, 11) is 0. The number of imidazole rings is 1. The van der Waals surface area contributed by atoms with Gasteiger partial charge in [0.1, 0.15) is 0 Å². The van der Waals surface area contributed by atoms with Gasteiger partial charge in [0, 0.05) is 24.7 Å². The number of hydrogen-bond acceptors (Lipinski definition) is 4. The summed E-state index contributed by atoms with van der Waals surface area (Å²) in [4.78, 5) is 20.5. The molecule has 1 fully saturated rings. The topological polar surface area (TPSA) is 70.4 Å². The Morgan fingerprint density at radius 1 is 1.00 bits per heavy atom. The molecule has 4 aromatic rings. The number of nitrogens with zero attached hydrogens (tertiary/aromatic N) is 3. The van der Waals surface area contributed by atoms with Crippen LogP contribution in [0.4, 0.5) is 0 Å². The molecule has 0 bridgehead atoms. The highest BCUT2D eigenvalue weighted by atomic mass is 16.3. The molecule has 2 heterocycles. The van der Waals surface area contributed by atoms with Crippen LogP contribution in [0.15, 0.2) is 78.9 Å². The number of nitrogens with one attached hydrogen (secondary N) is 1. The molecule has 3 aromatic carbocycles. The Morgan fingerprint density at radius 3 is 2.28 bits per heavy atom. The summed E-state index contributed by atoms with van der Waals surface area (Å²) in [6.07, 6.45) is 2.10. The summed E-state index contributed by atoms with van der Waals surface area (Å²) >= 11 is 0. The second-order valence-electron chi connectivity index (χ2n) is 9.53. The van der Waals surface area contributed by atoms with Crippen LogP contribution >= 0.6 is 0 Å². The summed E-state index contributed by atoms with van der Waals surface area (Å²) in [6.45, 7) is 7.79. The van der Waals surface area contributed by atoms with Gasteiger partial charge in [-0.15, -0.1) is 0 Å². The van der Waals surface area contributed by atoms with E-state index in [0.29, 0.717) is 17.9 Å². The number of carbonyl (C=O) groups excluding carboxylic acids is 1. The van der Waals surface area contributed by atoms with Gasteiger partial charge in [0.05, 0.1) is 11.0 Å². The number of hydrogen-bond donors (Lipinski definition) is 2. The lowest BCUT2D eigenvalue weighted by molar-refractivity contribution is 0.0906. The van der Waals surface area contributed by atoms with Crippen LogP contribution in [-0.4, -0.2) is 51.1 Å². The molecule has 0 saturated carbocycles. The van der Waals surface area contributed by atoms with E-state index in [1.165, 1.54) is 0 Å². The fourth-order valence-electron chi connectivity index (χ4n) is 5.37. The zero-order valence-electron chi connectivity index (χ0n) is 21.0. The molecule has 6 heteroatoms. The molecular formula is C30H34N4O2. The van der Waals surface area contributed by atoms with Gasteiger partial charge in [-0.25, -0.2) is 4.98 Å². The lowest BCUT2D eigenvalue weighted by Gasteiger charge is -2.32. The summed E-state index contributed by atoms with van der Waals surface area (Å²) in [5.41, 5.74) is 2.26. The molecule has 0 spiro atoms. The Labute approximate surface area is 212 Å². The van der Waals surface area contributed by atoms with Crippen LogP contribution in [0.25, 0.3) is 11.0 Å². The van der Waals surface area contributed by atoms with Crippen LogP contribution in [0.3, 0.4) is 0 Å². The standard InChI is InChI=1S/C30H34N4O2/c1-3-33-19-11-16-25(21-33)31-28(35)22-17-18-26-27(20-22)34(4-2)29(32-26)30(36,23-12-7-5-8-13-23)24-14-9-6-10-15-24/h5-10,12-15,17-18,20,25,36H,3-4,11,16,19,21H2,1-2H3,(H,31,35)/t25-/m0/s1. The van der Waals surface area contributed by atoms with Gasteiger partial charge in [0.25, 0.3) is 5.91 Å². The lowest BCUT2D eigenvalue weighted by atomic mass is 9.85. The summed E-state index contributed by atoms with van der Waals surface area (Å²) in [6, 6.07) is 25.1. The fourth-order valence-corrected chi connectivity index (χ4v) is 5.37. The highest BCUT2D eigenvalue weighted by Gasteiger charge is 2.38. The molecule has 0 aliphatic carbocycles. The third-order valence-electron chi connectivity index (χ3n) is 7.32. The molecule has 36 heavy (non-hydrogen) atoms. The van der Waals surface area contributed by atoms with Crippen molar-refractivity contribution in [2.45, 2.75) is 44.9 Å². The molecule has 5 rings (SSSR count). The average molecular weight is 483 g/mol. The number of fused-ring (bicyclic) bond motifs is 1. The van der Waals surface area contributed by atoms with Crippen molar-refractivity contribution >= 4 is 16.9 Å². The minimum Gasteiger partial charge on any atom is -0.373 e. The van der Waals surface area contributed by atoms with E-state index in [1.54, 1.807) is 0 Å². The molecular weight excluding hydrogens is 448 g/mol. The minimum atomic E-state index is -1.44. The van der Waals surface area contributed by atoms with Crippen LogP contribution in [0.1, 0.15) is 54.0 Å². The van der Waals surface area contributed by atoms with Crippen molar-refractivity contribution < 1.29 is 9.90 Å². The Bertz CT molecular complexity index is 1290. The van der Waals surface area contributed by atoms with E-state index in [-0.39, 0.29) is 11.9 Å². The van der Waals surface area contributed by atoms with Crippen molar-refractivity contribution in [2.24, 2.45) is 0 Å². The third-order valence-corrected chi connectivity index (χ3v) is 7.32. The highest BCUT2D eigenvalue weighted by Crippen LogP contribution is 2.37. The van der Waals surface area contributed by atoms with E-state index in [0.717, 1.165) is 54.6 Å². The SMILES string of the molecule is CCN1CCC[C@H](NC(=O)c2ccc3nc(C(O)(c4ccccc4)c4ccccc4)n(CC)c3c2)C1. The van der Waals surface area contributed by atoms with Crippen molar-refractivity contribution in [1.29, 1.82) is 0 Å². The number of piperidine rings is 1. The molecule has 1 atom stereocenters. The number of aryl methyl sites for hydroxylation is 1. The number of carbonyl (C=O) groups is 1. The summed E-state index contributed by atoms with van der Waals surface area (Å²) in [5.74, 6) is 0.479. The first kappa shape index (κ1) is 24.2. The number of rotatable bonds is 7. The zero-order chi connectivity index (χ0) is 25.1. The van der Waals surface area contributed by atoms with Gasteiger partial charge in [-0.2, -0.15) is 0 Å². The van der Waals surface area contributed by atoms with Crippen molar-refractivity contribution in [2.75, 3.05) is 19.6 Å². The predicted octanol–water partition coefficient (Wildman–Crippen LogP) is 4.55. The number of aromatic nitrogens is 2. The van der Waals surface area contributed by atoms with Crippen LogP contribution in [-0.2, 0) is 12.1 Å². The molecule has 0 radical (unpaired) electrons. The van der Waals surface area contributed by atoms with Crippen LogP contribution < -0.4 is 5.32 Å². The maximum atomic E-state index is 13.2. The first-order chi connectivity index (χ1) is 17.5. The van der Waals surface area contributed by atoms with Crippen LogP contribution in [0.5, 0.6) is 0 Å². The molecule has 1 aliphatic rings. The van der Waals surface area contributed by atoms with Gasteiger partial charge in [-0.1, -0.05) is 67.6 Å². The maximum absolute atomic E-state index is 13.2. The summed E-state index contributed by atoms with van der Waals surface area (Å²) < 4.78 is 2.02. The quantitative estimate of drug-likeness (QED) is 0.405. The van der Waals surface area contributed by atoms with Gasteiger partial charge in [0.2, 0.25) is 0 Å². The third kappa shape index (κ3) is 4.43. The van der Waals surface area contributed by atoms with E-state index in [9.17, 15) is 9.90 Å². The normalized spacial score (nSPS) is 16.8. The Morgan fingerprint density at radius 2 is 1.67 bits per heavy atom. The second-order valence-corrected chi connectivity index (χ2v) is 9.53. The largest absolute Gasteiger partial charge is 0.373 e. The van der Waals surface area contributed by atoms with Gasteiger partial charge in [-0.3, -0.25) is 4.79 Å². The van der Waals surface area contributed by atoms with Crippen LogP contribution in [0, 0.1) is 0 Å². The van der Waals surface area contributed by atoms with E-state index in [4.69, 9.17) is 4.98 Å². The number of likely N-dealkylation sites (tertiary alicyclic amines) is 1. The Hall–Kier alpha value is -3.48. The molecule has 1 aliphatic heterocycles. The van der Waals surface area contributed by atoms with Gasteiger partial charge >= 0.3 is 0 Å². The Balaban J connectivity index is 1.55. The highest BCUT2D eigenvalue weighted by molar-refractivity contribution is 5.97. The van der Waals surface area contributed by atoms with Gasteiger partial charge < -0.3 is 19.9 Å². The predicted molar refractivity (Wildman–Crippen MR) is 143 cm³/mol. The molecule has 186 valence electrons. The minimum absolute atomic E-state index is 0.0633. The average Bonchev–Trinajstić information content (AvgIpc) is 3.32. The first-order valence-corrected chi connectivity index (χ1v) is 12.9. The number of aliphatic hydroxyl groups is 1. The molecule has 0 unspecified atom stereocenters. The van der Waals surface area contributed by atoms with Gasteiger partial charge in [-0.05, 0) is 62.2 Å². The van der Waals surface area contributed by atoms with E-state index < -0.39 is 5.60 Å². The van der Waals surface area contributed by atoms with Crippen molar-refractivity contribution in [3.05, 3.63) is 101 Å². The molecule has 1 amide bonds. The first-order valence-electron chi connectivity index (χ1n) is 12.9. The van der Waals surface area contributed by atoms with E-state index in [2.05, 4.69) is 17.1 Å². The smallest absolute Gasteiger partial charge is 0.251 e. The van der Waals surface area contributed by atoms with E-state index in [1.807, 2.05) is 90.4 Å². The Kier molecular flexibility index (Phi) is 6.90. The zero-order valence-corrected chi connectivity index (χ0v) is 21.0. The maximum Gasteiger partial charge on any atom is 0.251 e. The van der Waals surface area contributed by atoms with Crippen molar-refractivity contribution in [3.8, 4) is 0 Å². The fraction of sp³-hybridized carbons (Fsp3) is 0.333. The van der Waals surface area contributed by atoms with Crippen LogP contribution in [0.2, 0.25) is 0 Å². The number of benzene rings is 3. The lowest BCUT2D eigenvalue weighted by Crippen LogP contribution is -2.47. The molecule has 6 nitrogen and oxygen atoms in total. The molecule has 2 N–H and O–H groups in total. The van der Waals surface area contributed by atoms with E-state index >= 15 is 0 Å². The van der Waals surface area contributed by atoms with Crippen molar-refractivity contribution in [1.82, 2.24) is 19.8 Å². The monoisotopic (exact) mass is 482 g/mol. The van der Waals surface area contributed by atoms with Gasteiger partial charge in [0.15, 0.2) is 11.4 Å². The molecule has 1 aromatic heterocycles. The van der Waals surface area contributed by atoms with Crippen molar-refractivity contribution in [3.63, 3.8) is 0 Å². The summed E-state index contributed by atoms with van der Waals surface area (Å²) in [5, 5.41) is 15.5. The number of likely N-dealkylation sites (N-methyl/N-ethyl adjacent to an activating group) is 1. The second kappa shape index (κ2) is 10.2. The number of amides is 1.